The highest BCUT2D eigenvalue weighted by molar-refractivity contribution is 6.33. The average molecular weight is 311 g/mol. The molecule has 0 N–H and O–H groups in total. The minimum atomic E-state index is -0.594. The van der Waals surface area contributed by atoms with E-state index in [1.165, 1.54) is 0 Å². The highest BCUT2D eigenvalue weighted by atomic mass is 35.5. The second-order valence-electron chi connectivity index (χ2n) is 4.69. The van der Waals surface area contributed by atoms with Gasteiger partial charge in [0.2, 0.25) is 0 Å². The fourth-order valence-corrected chi connectivity index (χ4v) is 2.48. The van der Waals surface area contributed by atoms with Gasteiger partial charge in [-0.25, -0.2) is 4.79 Å². The van der Waals surface area contributed by atoms with E-state index in [1.54, 1.807) is 36.4 Å². The molecule has 0 spiro atoms. The number of esters is 1. The summed E-state index contributed by atoms with van der Waals surface area (Å²) in [6, 6.07) is 17.4. The monoisotopic (exact) mass is 310 g/mol. The van der Waals surface area contributed by atoms with Crippen LogP contribution < -0.4 is 4.74 Å². The first-order valence-electron chi connectivity index (χ1n) is 6.64. The molecule has 3 rings (SSSR count). The Morgan fingerprint density at radius 3 is 2.45 bits per heavy atom. The van der Waals surface area contributed by atoms with Gasteiger partial charge in [0.1, 0.15) is 5.75 Å². The SMILES string of the molecule is O=Cc1c(OC(=O)c2ccccc2Cl)ccc2ccccc12. The van der Waals surface area contributed by atoms with E-state index in [9.17, 15) is 9.59 Å². The lowest BCUT2D eigenvalue weighted by Gasteiger charge is -2.10. The van der Waals surface area contributed by atoms with Crippen LogP contribution in [0.15, 0.2) is 60.7 Å². The zero-order valence-corrected chi connectivity index (χ0v) is 12.2. The van der Waals surface area contributed by atoms with E-state index in [0.717, 1.165) is 10.8 Å². The van der Waals surface area contributed by atoms with Gasteiger partial charge < -0.3 is 4.74 Å². The van der Waals surface area contributed by atoms with Crippen LogP contribution in [0.3, 0.4) is 0 Å². The standard InChI is InChI=1S/C18H11ClO3/c19-16-8-4-3-7-14(16)18(21)22-17-10-9-12-5-1-2-6-13(12)15(17)11-20/h1-11H. The number of carbonyl (C=O) groups is 2. The number of ether oxygens (including phenoxy) is 1. The van der Waals surface area contributed by atoms with E-state index in [-0.39, 0.29) is 11.3 Å². The van der Waals surface area contributed by atoms with Gasteiger partial charge in [0, 0.05) is 0 Å². The van der Waals surface area contributed by atoms with Crippen LogP contribution in [0.5, 0.6) is 5.75 Å². The molecule has 0 saturated carbocycles. The van der Waals surface area contributed by atoms with Gasteiger partial charge in [-0.3, -0.25) is 4.79 Å². The van der Waals surface area contributed by atoms with Crippen LogP contribution >= 0.6 is 11.6 Å². The number of rotatable bonds is 3. The predicted octanol–water partition coefficient (Wildman–Crippen LogP) is 4.52. The molecule has 0 unspecified atom stereocenters. The van der Waals surface area contributed by atoms with Gasteiger partial charge >= 0.3 is 5.97 Å². The van der Waals surface area contributed by atoms with Crippen molar-refractivity contribution in [2.24, 2.45) is 0 Å². The van der Waals surface area contributed by atoms with E-state index in [4.69, 9.17) is 16.3 Å². The summed E-state index contributed by atoms with van der Waals surface area (Å²) in [5.74, 6) is -0.373. The summed E-state index contributed by atoms with van der Waals surface area (Å²) in [7, 11) is 0. The molecule has 22 heavy (non-hydrogen) atoms. The fourth-order valence-electron chi connectivity index (χ4n) is 2.27. The molecule has 4 heteroatoms. The summed E-state index contributed by atoms with van der Waals surface area (Å²) < 4.78 is 5.36. The zero-order valence-electron chi connectivity index (χ0n) is 11.5. The summed E-state index contributed by atoms with van der Waals surface area (Å²) in [6.45, 7) is 0. The number of carbonyl (C=O) groups excluding carboxylic acids is 2. The molecular formula is C18H11ClO3. The summed E-state index contributed by atoms with van der Waals surface area (Å²) in [5.41, 5.74) is 0.604. The number of aldehydes is 1. The number of benzene rings is 3. The van der Waals surface area contributed by atoms with Crippen molar-refractivity contribution in [3.8, 4) is 5.75 Å². The van der Waals surface area contributed by atoms with Crippen molar-refractivity contribution in [2.75, 3.05) is 0 Å². The minimum Gasteiger partial charge on any atom is -0.422 e. The minimum absolute atomic E-state index is 0.221. The zero-order chi connectivity index (χ0) is 15.5. The van der Waals surface area contributed by atoms with Crippen molar-refractivity contribution in [1.29, 1.82) is 0 Å². The normalized spacial score (nSPS) is 10.4. The molecule has 0 amide bonds. The Bertz CT molecular complexity index is 871. The van der Waals surface area contributed by atoms with Gasteiger partial charge in [-0.2, -0.15) is 0 Å². The Hall–Kier alpha value is -2.65. The molecule has 108 valence electrons. The predicted molar refractivity (Wildman–Crippen MR) is 85.7 cm³/mol. The lowest BCUT2D eigenvalue weighted by atomic mass is 10.0. The van der Waals surface area contributed by atoms with Gasteiger partial charge in [-0.15, -0.1) is 0 Å². The molecular weight excluding hydrogens is 300 g/mol. The molecule has 3 aromatic carbocycles. The molecule has 0 radical (unpaired) electrons. The molecule has 0 aliphatic heterocycles. The van der Waals surface area contributed by atoms with Gasteiger partial charge in [-0.05, 0) is 29.0 Å². The van der Waals surface area contributed by atoms with Crippen molar-refractivity contribution in [3.05, 3.63) is 76.8 Å². The van der Waals surface area contributed by atoms with Crippen LogP contribution in [0.4, 0.5) is 0 Å². The lowest BCUT2D eigenvalue weighted by Crippen LogP contribution is -2.10. The molecule has 0 aromatic heterocycles. The van der Waals surface area contributed by atoms with Crippen molar-refractivity contribution >= 4 is 34.6 Å². The largest absolute Gasteiger partial charge is 0.422 e. The van der Waals surface area contributed by atoms with E-state index in [1.807, 2.05) is 24.3 Å². The van der Waals surface area contributed by atoms with Gasteiger partial charge in [0.25, 0.3) is 0 Å². The molecule has 0 bridgehead atoms. The van der Waals surface area contributed by atoms with E-state index < -0.39 is 5.97 Å². The maximum absolute atomic E-state index is 12.2. The quantitative estimate of drug-likeness (QED) is 0.406. The molecule has 0 atom stereocenters. The third kappa shape index (κ3) is 2.59. The van der Waals surface area contributed by atoms with Gasteiger partial charge in [0.05, 0.1) is 16.1 Å². The van der Waals surface area contributed by atoms with Crippen LogP contribution in [0.2, 0.25) is 5.02 Å². The molecule has 0 aliphatic carbocycles. The molecule has 3 aromatic rings. The number of fused-ring (bicyclic) bond motifs is 1. The maximum Gasteiger partial charge on any atom is 0.345 e. The number of hydrogen-bond acceptors (Lipinski definition) is 3. The highest BCUT2D eigenvalue weighted by Gasteiger charge is 2.15. The Labute approximate surface area is 132 Å². The summed E-state index contributed by atoms with van der Waals surface area (Å²) >= 11 is 5.98. The Kier molecular flexibility index (Phi) is 3.90. The van der Waals surface area contributed by atoms with Crippen molar-refractivity contribution in [1.82, 2.24) is 0 Å². The Balaban J connectivity index is 2.02. The third-order valence-corrected chi connectivity index (χ3v) is 3.67. The van der Waals surface area contributed by atoms with Crippen LogP contribution in [0, 0.1) is 0 Å². The number of halogens is 1. The van der Waals surface area contributed by atoms with E-state index >= 15 is 0 Å². The smallest absolute Gasteiger partial charge is 0.345 e. The molecule has 0 heterocycles. The van der Waals surface area contributed by atoms with Crippen LogP contribution in [-0.2, 0) is 0 Å². The van der Waals surface area contributed by atoms with Crippen molar-refractivity contribution < 1.29 is 14.3 Å². The molecule has 3 nitrogen and oxygen atoms in total. The van der Waals surface area contributed by atoms with Crippen molar-refractivity contribution in [3.63, 3.8) is 0 Å². The second-order valence-corrected chi connectivity index (χ2v) is 5.09. The molecule has 0 saturated heterocycles. The summed E-state index contributed by atoms with van der Waals surface area (Å²) in [6.07, 6.45) is 0.692. The highest BCUT2D eigenvalue weighted by Crippen LogP contribution is 2.28. The Morgan fingerprint density at radius 2 is 1.68 bits per heavy atom. The third-order valence-electron chi connectivity index (χ3n) is 3.34. The van der Waals surface area contributed by atoms with Crippen LogP contribution in [0.1, 0.15) is 20.7 Å². The fraction of sp³-hybridized carbons (Fsp3) is 0. The van der Waals surface area contributed by atoms with E-state index in [2.05, 4.69) is 0 Å². The Morgan fingerprint density at radius 1 is 0.955 bits per heavy atom. The molecule has 0 aliphatic rings. The summed E-state index contributed by atoms with van der Waals surface area (Å²) in [4.78, 5) is 23.6. The molecule has 0 fully saturated rings. The van der Waals surface area contributed by atoms with E-state index in [0.29, 0.717) is 16.9 Å². The maximum atomic E-state index is 12.2. The van der Waals surface area contributed by atoms with Crippen LogP contribution in [0.25, 0.3) is 10.8 Å². The lowest BCUT2D eigenvalue weighted by molar-refractivity contribution is 0.0734. The van der Waals surface area contributed by atoms with Gasteiger partial charge in [-0.1, -0.05) is 54.1 Å². The second kappa shape index (κ2) is 6.00. The first kappa shape index (κ1) is 14.3. The topological polar surface area (TPSA) is 43.4 Å². The first-order chi connectivity index (χ1) is 10.7. The average Bonchev–Trinajstić information content (AvgIpc) is 2.55. The first-order valence-corrected chi connectivity index (χ1v) is 7.02. The summed E-state index contributed by atoms with van der Waals surface area (Å²) in [5, 5.41) is 1.95. The van der Waals surface area contributed by atoms with Crippen LogP contribution in [-0.4, -0.2) is 12.3 Å². The number of hydrogen-bond donors (Lipinski definition) is 0. The van der Waals surface area contributed by atoms with Gasteiger partial charge in [0.15, 0.2) is 6.29 Å². The van der Waals surface area contributed by atoms with Crippen molar-refractivity contribution in [2.45, 2.75) is 0 Å².